The van der Waals surface area contributed by atoms with E-state index in [2.05, 4.69) is 16.8 Å². The molecule has 0 aromatic heterocycles. The molecular formula is C19H25ClN2O. The molecule has 2 atom stereocenters. The van der Waals surface area contributed by atoms with Crippen LogP contribution in [-0.4, -0.2) is 23.9 Å². The van der Waals surface area contributed by atoms with Crippen molar-refractivity contribution in [2.45, 2.75) is 39.0 Å². The summed E-state index contributed by atoms with van der Waals surface area (Å²) in [4.78, 5) is 13.5. The zero-order valence-corrected chi connectivity index (χ0v) is 14.5. The molecule has 1 amide bonds. The molecular weight excluding hydrogens is 308 g/mol. The molecule has 1 N–H and O–H groups in total. The summed E-state index contributed by atoms with van der Waals surface area (Å²) in [5.41, 5.74) is 2.70. The summed E-state index contributed by atoms with van der Waals surface area (Å²) < 4.78 is 0. The lowest BCUT2D eigenvalue weighted by Crippen LogP contribution is -2.40. The van der Waals surface area contributed by atoms with Gasteiger partial charge in [0.1, 0.15) is 0 Å². The second-order valence-corrected chi connectivity index (χ2v) is 7.27. The molecule has 1 saturated carbocycles. The molecule has 0 radical (unpaired) electrons. The highest BCUT2D eigenvalue weighted by molar-refractivity contribution is 6.32. The van der Waals surface area contributed by atoms with Gasteiger partial charge in [0.05, 0.1) is 5.02 Å². The highest BCUT2D eigenvalue weighted by Crippen LogP contribution is 2.39. The van der Waals surface area contributed by atoms with Crippen LogP contribution in [-0.2, 0) is 4.79 Å². The van der Waals surface area contributed by atoms with Crippen LogP contribution in [0, 0.1) is 11.8 Å². The molecule has 2 aliphatic rings. The Balaban J connectivity index is 1.71. The van der Waals surface area contributed by atoms with E-state index in [0.717, 1.165) is 41.9 Å². The first-order valence-corrected chi connectivity index (χ1v) is 8.94. The lowest BCUT2D eigenvalue weighted by atomic mass is 9.75. The van der Waals surface area contributed by atoms with E-state index < -0.39 is 0 Å². The standard InChI is InChI=1S/C19H25ClN2O/c1-13(18-8-7-17(11-19(18)20)21-14(2)23)22-10-9-15-5-3-4-6-16(15)12-22/h7-8,11,15-16H,1,3-6,9-10,12H2,2H3,(H,21,23). The number of nitrogens with zero attached hydrogens (tertiary/aromatic N) is 1. The Morgan fingerprint density at radius 1 is 1.26 bits per heavy atom. The van der Waals surface area contributed by atoms with E-state index in [9.17, 15) is 4.79 Å². The molecule has 1 heterocycles. The van der Waals surface area contributed by atoms with Crippen molar-refractivity contribution in [3.05, 3.63) is 35.4 Å². The van der Waals surface area contributed by atoms with Gasteiger partial charge in [-0.15, -0.1) is 0 Å². The topological polar surface area (TPSA) is 32.3 Å². The molecule has 3 nitrogen and oxygen atoms in total. The van der Waals surface area contributed by atoms with E-state index in [1.165, 1.54) is 39.0 Å². The van der Waals surface area contributed by atoms with Crippen LogP contribution in [0.5, 0.6) is 0 Å². The Kier molecular flexibility index (Phi) is 4.96. The lowest BCUT2D eigenvalue weighted by molar-refractivity contribution is -0.114. The van der Waals surface area contributed by atoms with Crippen molar-refractivity contribution in [2.75, 3.05) is 18.4 Å². The fourth-order valence-electron chi connectivity index (χ4n) is 4.05. The quantitative estimate of drug-likeness (QED) is 0.863. The summed E-state index contributed by atoms with van der Waals surface area (Å²) in [6.07, 6.45) is 6.79. The van der Waals surface area contributed by atoms with Crippen molar-refractivity contribution in [1.29, 1.82) is 0 Å². The molecule has 4 heteroatoms. The number of amides is 1. The average molecular weight is 333 g/mol. The molecule has 124 valence electrons. The Bertz CT molecular complexity index is 613. The lowest BCUT2D eigenvalue weighted by Gasteiger charge is -2.43. The Hall–Kier alpha value is -1.48. The maximum absolute atomic E-state index is 11.1. The molecule has 1 aromatic rings. The third-order valence-electron chi connectivity index (χ3n) is 5.27. The minimum atomic E-state index is -0.0907. The third kappa shape index (κ3) is 3.72. The van der Waals surface area contributed by atoms with Gasteiger partial charge < -0.3 is 10.2 Å². The Morgan fingerprint density at radius 3 is 2.70 bits per heavy atom. The molecule has 23 heavy (non-hydrogen) atoms. The van der Waals surface area contributed by atoms with Gasteiger partial charge in [0.2, 0.25) is 5.91 Å². The molecule has 2 fully saturated rings. The van der Waals surface area contributed by atoms with Crippen LogP contribution in [0.2, 0.25) is 5.02 Å². The first-order chi connectivity index (χ1) is 11.0. The highest BCUT2D eigenvalue weighted by atomic mass is 35.5. The molecule has 3 rings (SSSR count). The number of nitrogens with one attached hydrogen (secondary N) is 1. The maximum atomic E-state index is 11.1. The van der Waals surface area contributed by atoms with Crippen molar-refractivity contribution in [1.82, 2.24) is 4.90 Å². The zero-order chi connectivity index (χ0) is 16.4. The number of hydrogen-bond acceptors (Lipinski definition) is 2. The van der Waals surface area contributed by atoms with Crippen LogP contribution in [0.15, 0.2) is 24.8 Å². The number of benzene rings is 1. The molecule has 1 aliphatic heterocycles. The molecule has 2 unspecified atom stereocenters. The Morgan fingerprint density at radius 2 is 2.00 bits per heavy atom. The van der Waals surface area contributed by atoms with E-state index in [-0.39, 0.29) is 5.91 Å². The Labute approximate surface area is 143 Å². The van der Waals surface area contributed by atoms with Crippen molar-refractivity contribution < 1.29 is 4.79 Å². The van der Waals surface area contributed by atoms with Gasteiger partial charge in [-0.05, 0) is 42.9 Å². The van der Waals surface area contributed by atoms with E-state index in [1.807, 2.05) is 12.1 Å². The van der Waals surface area contributed by atoms with Gasteiger partial charge >= 0.3 is 0 Å². The van der Waals surface area contributed by atoms with Crippen molar-refractivity contribution in [3.8, 4) is 0 Å². The number of fused-ring (bicyclic) bond motifs is 1. The van der Waals surface area contributed by atoms with E-state index >= 15 is 0 Å². The predicted molar refractivity (Wildman–Crippen MR) is 96.4 cm³/mol. The van der Waals surface area contributed by atoms with Crippen LogP contribution in [0.4, 0.5) is 5.69 Å². The maximum Gasteiger partial charge on any atom is 0.221 e. The summed E-state index contributed by atoms with van der Waals surface area (Å²) in [7, 11) is 0. The molecule has 1 saturated heterocycles. The number of rotatable bonds is 3. The predicted octanol–water partition coefficient (Wildman–Crippen LogP) is 4.78. The number of carbonyl (C=O) groups is 1. The van der Waals surface area contributed by atoms with Gasteiger partial charge in [0.15, 0.2) is 0 Å². The first-order valence-electron chi connectivity index (χ1n) is 8.56. The number of carbonyl (C=O) groups excluding carboxylic acids is 1. The van der Waals surface area contributed by atoms with Crippen LogP contribution >= 0.6 is 11.6 Å². The summed E-state index contributed by atoms with van der Waals surface area (Å²) in [5.74, 6) is 1.63. The van der Waals surface area contributed by atoms with Gasteiger partial charge in [-0.1, -0.05) is 37.4 Å². The van der Waals surface area contributed by atoms with E-state index in [0.29, 0.717) is 5.02 Å². The number of halogens is 1. The molecule has 0 spiro atoms. The fourth-order valence-corrected chi connectivity index (χ4v) is 4.34. The van der Waals surface area contributed by atoms with E-state index in [4.69, 9.17) is 11.6 Å². The SMILES string of the molecule is C=C(c1ccc(NC(C)=O)cc1Cl)N1CCC2CCCCC2C1. The van der Waals surface area contributed by atoms with Crippen LogP contribution in [0.1, 0.15) is 44.6 Å². The zero-order valence-electron chi connectivity index (χ0n) is 13.8. The second-order valence-electron chi connectivity index (χ2n) is 6.86. The van der Waals surface area contributed by atoms with Gasteiger partial charge in [0, 0.05) is 37.0 Å². The van der Waals surface area contributed by atoms with Crippen LogP contribution < -0.4 is 5.32 Å². The number of hydrogen-bond donors (Lipinski definition) is 1. The van der Waals surface area contributed by atoms with Crippen molar-refractivity contribution >= 4 is 28.9 Å². The molecule has 1 aromatic carbocycles. The van der Waals surface area contributed by atoms with Crippen LogP contribution in [0.25, 0.3) is 5.70 Å². The smallest absolute Gasteiger partial charge is 0.221 e. The van der Waals surface area contributed by atoms with Gasteiger partial charge in [-0.2, -0.15) is 0 Å². The number of piperidine rings is 1. The largest absolute Gasteiger partial charge is 0.371 e. The summed E-state index contributed by atoms with van der Waals surface area (Å²) in [6.45, 7) is 7.96. The first kappa shape index (κ1) is 16.4. The summed E-state index contributed by atoms with van der Waals surface area (Å²) in [6, 6.07) is 5.65. The number of likely N-dealkylation sites (tertiary alicyclic amines) is 1. The van der Waals surface area contributed by atoms with Gasteiger partial charge in [-0.25, -0.2) is 0 Å². The second kappa shape index (κ2) is 6.96. The van der Waals surface area contributed by atoms with Gasteiger partial charge in [-0.3, -0.25) is 4.79 Å². The van der Waals surface area contributed by atoms with Crippen LogP contribution in [0.3, 0.4) is 0 Å². The summed E-state index contributed by atoms with van der Waals surface area (Å²) >= 11 is 6.43. The summed E-state index contributed by atoms with van der Waals surface area (Å²) in [5, 5.41) is 3.41. The number of anilines is 1. The van der Waals surface area contributed by atoms with Crippen molar-refractivity contribution in [2.24, 2.45) is 11.8 Å². The van der Waals surface area contributed by atoms with Crippen molar-refractivity contribution in [3.63, 3.8) is 0 Å². The average Bonchev–Trinajstić information content (AvgIpc) is 2.53. The normalized spacial score (nSPS) is 24.0. The molecule has 0 bridgehead atoms. The molecule has 1 aliphatic carbocycles. The third-order valence-corrected chi connectivity index (χ3v) is 5.59. The minimum absolute atomic E-state index is 0.0907. The monoisotopic (exact) mass is 332 g/mol. The highest BCUT2D eigenvalue weighted by Gasteiger charge is 2.31. The van der Waals surface area contributed by atoms with Gasteiger partial charge in [0.25, 0.3) is 0 Å². The minimum Gasteiger partial charge on any atom is -0.371 e. The fraction of sp³-hybridized carbons (Fsp3) is 0.526. The van der Waals surface area contributed by atoms with E-state index in [1.54, 1.807) is 6.07 Å².